The normalized spacial score (nSPS) is 10.5. The summed E-state index contributed by atoms with van der Waals surface area (Å²) in [6.45, 7) is 0. The molecule has 0 saturated carbocycles. The second-order valence-corrected chi connectivity index (χ2v) is 5.60. The van der Waals surface area contributed by atoms with Crippen LogP contribution in [0.25, 0.3) is 10.9 Å². The fourth-order valence-electron chi connectivity index (χ4n) is 2.04. The minimum absolute atomic E-state index is 0.232. The van der Waals surface area contributed by atoms with Crippen LogP contribution in [-0.2, 0) is 5.75 Å². The molecule has 0 saturated heterocycles. The minimum atomic E-state index is -0.464. The Hall–Kier alpha value is -2.65. The molecule has 3 aromatic rings. The number of halogens is 1. The first kappa shape index (κ1) is 14.3. The van der Waals surface area contributed by atoms with Crippen molar-refractivity contribution in [3.63, 3.8) is 0 Å². The molecule has 1 N–H and O–H groups in total. The summed E-state index contributed by atoms with van der Waals surface area (Å²) in [7, 11) is 0. The monoisotopic (exact) mass is 311 g/mol. The number of benzene rings is 2. The molecule has 0 bridgehead atoms. The molecule has 1 aromatic heterocycles. The van der Waals surface area contributed by atoms with Gasteiger partial charge in [-0.3, -0.25) is 4.79 Å². The van der Waals surface area contributed by atoms with Crippen LogP contribution in [0.15, 0.2) is 52.4 Å². The maximum atomic E-state index is 13.1. The van der Waals surface area contributed by atoms with Gasteiger partial charge in [0.25, 0.3) is 5.56 Å². The second-order valence-electron chi connectivity index (χ2n) is 4.63. The average Bonchev–Trinajstić information content (AvgIpc) is 2.54. The first-order valence-corrected chi connectivity index (χ1v) is 7.46. The van der Waals surface area contributed by atoms with Gasteiger partial charge in [0.2, 0.25) is 0 Å². The Morgan fingerprint density at radius 3 is 2.95 bits per heavy atom. The largest absolute Gasteiger partial charge is 0.301 e. The Balaban J connectivity index is 1.87. The number of nitrogens with zero attached hydrogens (tertiary/aromatic N) is 2. The van der Waals surface area contributed by atoms with Crippen molar-refractivity contribution in [1.82, 2.24) is 9.97 Å². The Labute approximate surface area is 129 Å². The van der Waals surface area contributed by atoms with Crippen LogP contribution in [0.2, 0.25) is 0 Å². The predicted octanol–water partition coefficient (Wildman–Crippen LogP) is 3.23. The first-order valence-electron chi connectivity index (χ1n) is 6.47. The van der Waals surface area contributed by atoms with Crippen molar-refractivity contribution in [3.05, 3.63) is 69.8 Å². The SMILES string of the molecule is N#Cc1cccc(CSc2nc3ccc(F)cc3c(=O)[nH]2)c1. The van der Waals surface area contributed by atoms with Crippen LogP contribution in [-0.4, -0.2) is 9.97 Å². The Kier molecular flexibility index (Phi) is 3.90. The van der Waals surface area contributed by atoms with E-state index < -0.39 is 5.82 Å². The molecular formula is C16H10FN3OS. The number of hydrogen-bond donors (Lipinski definition) is 1. The zero-order valence-corrected chi connectivity index (χ0v) is 12.2. The van der Waals surface area contributed by atoms with E-state index in [9.17, 15) is 9.18 Å². The smallest absolute Gasteiger partial charge is 0.259 e. The molecule has 3 rings (SSSR count). The lowest BCUT2D eigenvalue weighted by molar-refractivity contribution is 0.629. The van der Waals surface area contributed by atoms with E-state index in [-0.39, 0.29) is 10.9 Å². The lowest BCUT2D eigenvalue weighted by atomic mass is 10.2. The van der Waals surface area contributed by atoms with E-state index in [0.717, 1.165) is 5.56 Å². The number of rotatable bonds is 3. The number of nitrogens with one attached hydrogen (secondary N) is 1. The third-order valence-electron chi connectivity index (χ3n) is 3.08. The second kappa shape index (κ2) is 6.00. The average molecular weight is 311 g/mol. The summed E-state index contributed by atoms with van der Waals surface area (Å²) < 4.78 is 13.1. The number of H-pyrrole nitrogens is 1. The zero-order chi connectivity index (χ0) is 15.5. The number of hydrogen-bond acceptors (Lipinski definition) is 4. The van der Waals surface area contributed by atoms with Crippen LogP contribution in [0.1, 0.15) is 11.1 Å². The van der Waals surface area contributed by atoms with Gasteiger partial charge in [0.15, 0.2) is 5.16 Å². The number of thioether (sulfide) groups is 1. The van der Waals surface area contributed by atoms with Gasteiger partial charge >= 0.3 is 0 Å². The van der Waals surface area contributed by atoms with Crippen LogP contribution < -0.4 is 5.56 Å². The van der Waals surface area contributed by atoms with Gasteiger partial charge in [-0.05, 0) is 35.9 Å². The van der Waals surface area contributed by atoms with E-state index in [4.69, 9.17) is 5.26 Å². The molecule has 0 fully saturated rings. The molecular weight excluding hydrogens is 301 g/mol. The van der Waals surface area contributed by atoms with Gasteiger partial charge in [-0.2, -0.15) is 5.26 Å². The summed E-state index contributed by atoms with van der Waals surface area (Å²) >= 11 is 1.36. The number of nitriles is 1. The third-order valence-corrected chi connectivity index (χ3v) is 4.02. The molecule has 2 aromatic carbocycles. The van der Waals surface area contributed by atoms with E-state index in [2.05, 4.69) is 16.0 Å². The summed E-state index contributed by atoms with van der Waals surface area (Å²) in [5.41, 5.74) is 1.65. The quantitative estimate of drug-likeness (QED) is 0.595. The maximum absolute atomic E-state index is 13.1. The maximum Gasteiger partial charge on any atom is 0.259 e. The number of aromatic amines is 1. The zero-order valence-electron chi connectivity index (χ0n) is 11.3. The highest BCUT2D eigenvalue weighted by Crippen LogP contribution is 2.20. The van der Waals surface area contributed by atoms with Gasteiger partial charge in [0, 0.05) is 5.75 Å². The van der Waals surface area contributed by atoms with Crippen molar-refractivity contribution in [1.29, 1.82) is 5.26 Å². The lowest BCUT2D eigenvalue weighted by Crippen LogP contribution is -2.09. The van der Waals surface area contributed by atoms with Crippen molar-refractivity contribution >= 4 is 22.7 Å². The summed E-state index contributed by atoms with van der Waals surface area (Å²) in [6.07, 6.45) is 0. The van der Waals surface area contributed by atoms with Gasteiger partial charge in [0.05, 0.1) is 22.5 Å². The fourth-order valence-corrected chi connectivity index (χ4v) is 2.85. The molecule has 1 heterocycles. The Bertz CT molecular complexity index is 946. The highest BCUT2D eigenvalue weighted by Gasteiger charge is 2.06. The lowest BCUT2D eigenvalue weighted by Gasteiger charge is -2.03. The van der Waals surface area contributed by atoms with E-state index in [1.807, 2.05) is 12.1 Å². The predicted molar refractivity (Wildman–Crippen MR) is 83.0 cm³/mol. The summed E-state index contributed by atoms with van der Waals surface area (Å²) in [6, 6.07) is 13.3. The van der Waals surface area contributed by atoms with Gasteiger partial charge in [-0.1, -0.05) is 23.9 Å². The van der Waals surface area contributed by atoms with Crippen molar-refractivity contribution < 1.29 is 4.39 Å². The van der Waals surface area contributed by atoms with Crippen molar-refractivity contribution in [2.45, 2.75) is 10.9 Å². The van der Waals surface area contributed by atoms with Crippen molar-refractivity contribution in [3.8, 4) is 6.07 Å². The van der Waals surface area contributed by atoms with Crippen LogP contribution in [0.3, 0.4) is 0 Å². The molecule has 0 aliphatic rings. The number of aromatic nitrogens is 2. The molecule has 0 unspecified atom stereocenters. The molecule has 0 aliphatic carbocycles. The van der Waals surface area contributed by atoms with Gasteiger partial charge in [0.1, 0.15) is 5.82 Å². The summed E-state index contributed by atoms with van der Waals surface area (Å²) in [4.78, 5) is 18.9. The molecule has 0 amide bonds. The van der Waals surface area contributed by atoms with Crippen LogP contribution in [0, 0.1) is 17.1 Å². The third kappa shape index (κ3) is 3.00. The highest BCUT2D eigenvalue weighted by atomic mass is 32.2. The van der Waals surface area contributed by atoms with Gasteiger partial charge in [-0.15, -0.1) is 0 Å². The molecule has 6 heteroatoms. The van der Waals surface area contributed by atoms with Crippen LogP contribution >= 0.6 is 11.8 Å². The van der Waals surface area contributed by atoms with Crippen molar-refractivity contribution in [2.75, 3.05) is 0 Å². The topological polar surface area (TPSA) is 69.5 Å². The number of fused-ring (bicyclic) bond motifs is 1. The molecule has 22 heavy (non-hydrogen) atoms. The Morgan fingerprint density at radius 1 is 1.27 bits per heavy atom. The first-order chi connectivity index (χ1) is 10.7. The summed E-state index contributed by atoms with van der Waals surface area (Å²) in [5, 5.41) is 9.57. The molecule has 0 aliphatic heterocycles. The van der Waals surface area contributed by atoms with Crippen LogP contribution in [0.5, 0.6) is 0 Å². The summed E-state index contributed by atoms with van der Waals surface area (Å²) in [5.74, 6) is 0.110. The molecule has 0 atom stereocenters. The highest BCUT2D eigenvalue weighted by molar-refractivity contribution is 7.98. The van der Waals surface area contributed by atoms with Crippen molar-refractivity contribution in [2.24, 2.45) is 0 Å². The standard InChI is InChI=1S/C16H10FN3OS/c17-12-4-5-14-13(7-12)15(21)20-16(19-14)22-9-11-3-1-2-10(6-11)8-18/h1-7H,9H2,(H,19,20,21). The van der Waals surface area contributed by atoms with E-state index >= 15 is 0 Å². The minimum Gasteiger partial charge on any atom is -0.301 e. The Morgan fingerprint density at radius 2 is 2.14 bits per heavy atom. The van der Waals surface area contributed by atoms with Gasteiger partial charge in [-0.25, -0.2) is 9.37 Å². The molecule has 108 valence electrons. The van der Waals surface area contributed by atoms with E-state index in [1.165, 1.54) is 30.0 Å². The van der Waals surface area contributed by atoms with Crippen LogP contribution in [0.4, 0.5) is 4.39 Å². The van der Waals surface area contributed by atoms with Gasteiger partial charge < -0.3 is 4.98 Å². The van der Waals surface area contributed by atoms with E-state index in [1.54, 1.807) is 12.1 Å². The molecule has 0 spiro atoms. The fraction of sp³-hybridized carbons (Fsp3) is 0.0625. The molecule has 0 radical (unpaired) electrons. The molecule has 4 nitrogen and oxygen atoms in total. The van der Waals surface area contributed by atoms with E-state index in [0.29, 0.717) is 22.0 Å².